The highest BCUT2D eigenvalue weighted by atomic mass is 35.5. The van der Waals surface area contributed by atoms with Gasteiger partial charge in [0.25, 0.3) is 0 Å². The molecule has 0 aliphatic heterocycles. The summed E-state index contributed by atoms with van der Waals surface area (Å²) in [6.45, 7) is 2.80. The van der Waals surface area contributed by atoms with Gasteiger partial charge in [0.1, 0.15) is 5.82 Å². The van der Waals surface area contributed by atoms with Crippen molar-refractivity contribution >= 4 is 28.3 Å². The average molecular weight is 286 g/mol. The van der Waals surface area contributed by atoms with Crippen LogP contribution in [0.25, 0.3) is 11.0 Å². The predicted molar refractivity (Wildman–Crippen MR) is 84.3 cm³/mol. The third kappa shape index (κ3) is 2.78. The van der Waals surface area contributed by atoms with Crippen molar-refractivity contribution in [2.75, 3.05) is 5.32 Å². The standard InChI is InChI=1S/C16H16ClN3/c1-2-11-6-7-14-15(8-11)20-16(19-14)10-18-13-5-3-4-12(17)9-13/h3-9,18H,2,10H2,1H3,(H,19,20). The number of hydrogen-bond acceptors (Lipinski definition) is 2. The van der Waals surface area contributed by atoms with Gasteiger partial charge >= 0.3 is 0 Å². The Bertz CT molecular complexity index is 733. The van der Waals surface area contributed by atoms with Crippen LogP contribution in [0.5, 0.6) is 0 Å². The maximum absolute atomic E-state index is 5.96. The van der Waals surface area contributed by atoms with Gasteiger partial charge in [0.15, 0.2) is 0 Å². The van der Waals surface area contributed by atoms with Gasteiger partial charge in [-0.25, -0.2) is 4.98 Å². The smallest absolute Gasteiger partial charge is 0.126 e. The molecule has 0 spiro atoms. The summed E-state index contributed by atoms with van der Waals surface area (Å²) in [5.74, 6) is 0.924. The third-order valence-electron chi connectivity index (χ3n) is 3.29. The van der Waals surface area contributed by atoms with Gasteiger partial charge in [-0.2, -0.15) is 0 Å². The highest BCUT2D eigenvalue weighted by molar-refractivity contribution is 6.30. The maximum Gasteiger partial charge on any atom is 0.126 e. The molecule has 0 radical (unpaired) electrons. The van der Waals surface area contributed by atoms with Gasteiger partial charge in [-0.05, 0) is 42.3 Å². The fourth-order valence-corrected chi connectivity index (χ4v) is 2.39. The minimum Gasteiger partial charge on any atom is -0.378 e. The van der Waals surface area contributed by atoms with Crippen molar-refractivity contribution in [1.82, 2.24) is 9.97 Å². The number of hydrogen-bond donors (Lipinski definition) is 2. The van der Waals surface area contributed by atoms with E-state index in [0.717, 1.165) is 34.0 Å². The molecular weight excluding hydrogens is 270 g/mol. The summed E-state index contributed by atoms with van der Waals surface area (Å²) in [5, 5.41) is 4.04. The Kier molecular flexibility index (Phi) is 3.61. The number of anilines is 1. The second kappa shape index (κ2) is 5.55. The topological polar surface area (TPSA) is 40.7 Å². The number of aryl methyl sites for hydroxylation is 1. The molecular formula is C16H16ClN3. The van der Waals surface area contributed by atoms with E-state index in [0.29, 0.717) is 6.54 Å². The van der Waals surface area contributed by atoms with Gasteiger partial charge in [-0.15, -0.1) is 0 Å². The summed E-state index contributed by atoms with van der Waals surface area (Å²) in [4.78, 5) is 7.92. The molecule has 3 aromatic rings. The Morgan fingerprint density at radius 1 is 1.20 bits per heavy atom. The molecule has 0 aliphatic carbocycles. The minimum atomic E-state index is 0.649. The first-order chi connectivity index (χ1) is 9.74. The number of aromatic nitrogens is 2. The van der Waals surface area contributed by atoms with E-state index in [1.54, 1.807) is 0 Å². The zero-order valence-corrected chi connectivity index (χ0v) is 12.0. The lowest BCUT2D eigenvalue weighted by molar-refractivity contribution is 1.01. The molecule has 0 atom stereocenters. The first-order valence-electron chi connectivity index (χ1n) is 6.71. The highest BCUT2D eigenvalue weighted by Crippen LogP contribution is 2.17. The van der Waals surface area contributed by atoms with Gasteiger partial charge in [0, 0.05) is 10.7 Å². The maximum atomic E-state index is 5.96. The molecule has 2 N–H and O–H groups in total. The molecule has 0 fully saturated rings. The molecule has 1 heterocycles. The molecule has 0 saturated carbocycles. The van der Waals surface area contributed by atoms with Crippen molar-refractivity contribution in [2.24, 2.45) is 0 Å². The van der Waals surface area contributed by atoms with E-state index in [2.05, 4.69) is 40.4 Å². The Hall–Kier alpha value is -2.00. The van der Waals surface area contributed by atoms with Crippen LogP contribution in [0, 0.1) is 0 Å². The van der Waals surface area contributed by atoms with Crippen molar-refractivity contribution < 1.29 is 0 Å². The minimum absolute atomic E-state index is 0.649. The van der Waals surface area contributed by atoms with E-state index in [4.69, 9.17) is 11.6 Å². The molecule has 20 heavy (non-hydrogen) atoms. The first kappa shape index (κ1) is 13.0. The van der Waals surface area contributed by atoms with Crippen LogP contribution in [0.15, 0.2) is 42.5 Å². The van der Waals surface area contributed by atoms with Gasteiger partial charge in [-0.3, -0.25) is 0 Å². The van der Waals surface area contributed by atoms with Crippen LogP contribution in [0.4, 0.5) is 5.69 Å². The first-order valence-corrected chi connectivity index (χ1v) is 7.09. The van der Waals surface area contributed by atoms with Crippen LogP contribution < -0.4 is 5.32 Å². The highest BCUT2D eigenvalue weighted by Gasteiger charge is 2.03. The number of aromatic amines is 1. The van der Waals surface area contributed by atoms with Gasteiger partial charge in [-0.1, -0.05) is 30.7 Å². The number of rotatable bonds is 4. The van der Waals surface area contributed by atoms with Crippen LogP contribution in [-0.4, -0.2) is 9.97 Å². The zero-order valence-electron chi connectivity index (χ0n) is 11.3. The van der Waals surface area contributed by atoms with Crippen LogP contribution >= 0.6 is 11.6 Å². The molecule has 2 aromatic carbocycles. The zero-order chi connectivity index (χ0) is 13.9. The predicted octanol–water partition coefficient (Wildman–Crippen LogP) is 4.39. The largest absolute Gasteiger partial charge is 0.378 e. The quantitative estimate of drug-likeness (QED) is 0.746. The Morgan fingerprint density at radius 2 is 2.10 bits per heavy atom. The van der Waals surface area contributed by atoms with Crippen LogP contribution in [-0.2, 0) is 13.0 Å². The van der Waals surface area contributed by atoms with E-state index in [-0.39, 0.29) is 0 Å². The fraction of sp³-hybridized carbons (Fsp3) is 0.188. The monoisotopic (exact) mass is 285 g/mol. The summed E-state index contributed by atoms with van der Waals surface area (Å²) >= 11 is 5.96. The van der Waals surface area contributed by atoms with Crippen molar-refractivity contribution in [3.63, 3.8) is 0 Å². The van der Waals surface area contributed by atoms with Gasteiger partial charge in [0.05, 0.1) is 17.6 Å². The lowest BCUT2D eigenvalue weighted by Gasteiger charge is -2.04. The molecule has 0 saturated heterocycles. The molecule has 4 heteroatoms. The number of H-pyrrole nitrogens is 1. The molecule has 0 bridgehead atoms. The van der Waals surface area contributed by atoms with Crippen molar-refractivity contribution in [3.8, 4) is 0 Å². The molecule has 3 nitrogen and oxygen atoms in total. The number of imidazole rings is 1. The Morgan fingerprint density at radius 3 is 2.90 bits per heavy atom. The van der Waals surface area contributed by atoms with Crippen LogP contribution in [0.1, 0.15) is 18.3 Å². The number of nitrogens with one attached hydrogen (secondary N) is 2. The number of halogens is 1. The Balaban J connectivity index is 1.77. The van der Waals surface area contributed by atoms with E-state index < -0.39 is 0 Å². The van der Waals surface area contributed by atoms with Crippen LogP contribution in [0.2, 0.25) is 5.02 Å². The summed E-state index contributed by atoms with van der Waals surface area (Å²) < 4.78 is 0. The summed E-state index contributed by atoms with van der Waals surface area (Å²) in [5.41, 5.74) is 4.40. The van der Waals surface area contributed by atoms with Gasteiger partial charge < -0.3 is 10.3 Å². The van der Waals surface area contributed by atoms with E-state index in [1.165, 1.54) is 5.56 Å². The van der Waals surface area contributed by atoms with Gasteiger partial charge in [0.2, 0.25) is 0 Å². The van der Waals surface area contributed by atoms with E-state index >= 15 is 0 Å². The number of nitrogens with zero attached hydrogens (tertiary/aromatic N) is 1. The summed E-state index contributed by atoms with van der Waals surface area (Å²) in [7, 11) is 0. The third-order valence-corrected chi connectivity index (χ3v) is 3.52. The van der Waals surface area contributed by atoms with E-state index in [1.807, 2.05) is 24.3 Å². The molecule has 0 aliphatic rings. The van der Waals surface area contributed by atoms with Crippen molar-refractivity contribution in [3.05, 3.63) is 58.9 Å². The molecule has 102 valence electrons. The second-order valence-electron chi connectivity index (χ2n) is 4.75. The average Bonchev–Trinajstić information content (AvgIpc) is 2.87. The second-order valence-corrected chi connectivity index (χ2v) is 5.19. The van der Waals surface area contributed by atoms with E-state index in [9.17, 15) is 0 Å². The molecule has 0 unspecified atom stereocenters. The lowest BCUT2D eigenvalue weighted by atomic mass is 10.1. The fourth-order valence-electron chi connectivity index (χ4n) is 2.20. The van der Waals surface area contributed by atoms with Crippen LogP contribution in [0.3, 0.4) is 0 Å². The van der Waals surface area contributed by atoms with Crippen molar-refractivity contribution in [1.29, 1.82) is 0 Å². The normalized spacial score (nSPS) is 10.9. The molecule has 3 rings (SSSR count). The summed E-state index contributed by atoms with van der Waals surface area (Å²) in [6, 6.07) is 14.0. The molecule has 1 aromatic heterocycles. The number of benzene rings is 2. The Labute approximate surface area is 123 Å². The number of fused-ring (bicyclic) bond motifs is 1. The lowest BCUT2D eigenvalue weighted by Crippen LogP contribution is -2.00. The summed E-state index contributed by atoms with van der Waals surface area (Å²) in [6.07, 6.45) is 1.03. The van der Waals surface area contributed by atoms with Crippen molar-refractivity contribution in [2.45, 2.75) is 19.9 Å². The molecule has 0 amide bonds. The SMILES string of the molecule is CCc1ccc2nc(CNc3cccc(Cl)c3)[nH]c2c1.